The van der Waals surface area contributed by atoms with Crippen LogP contribution in [0.4, 0.5) is 0 Å². The van der Waals surface area contributed by atoms with E-state index in [2.05, 4.69) is 10.1 Å². The van der Waals surface area contributed by atoms with E-state index in [4.69, 9.17) is 4.42 Å². The Hall–Kier alpha value is -3.12. The predicted molar refractivity (Wildman–Crippen MR) is 101 cm³/mol. The lowest BCUT2D eigenvalue weighted by Gasteiger charge is -2.12. The number of para-hydroxylation sites is 1. The molecule has 1 amide bonds. The smallest absolute Gasteiger partial charge is 0.311 e. The molecule has 1 aromatic heterocycles. The van der Waals surface area contributed by atoms with Crippen LogP contribution in [0.5, 0.6) is 0 Å². The minimum absolute atomic E-state index is 0.243. The number of carbonyl (C=O) groups excluding carboxylic acids is 2. The fourth-order valence-corrected chi connectivity index (χ4v) is 2.82. The largest absolute Gasteiger partial charge is 0.469 e. The van der Waals surface area contributed by atoms with Gasteiger partial charge in [-0.25, -0.2) is 0 Å². The van der Waals surface area contributed by atoms with Gasteiger partial charge in [0.2, 0.25) is 0 Å². The number of hydrogen-bond acceptors (Lipinski definition) is 5. The van der Waals surface area contributed by atoms with E-state index in [1.165, 1.54) is 7.11 Å². The van der Waals surface area contributed by atoms with Crippen LogP contribution in [0.1, 0.15) is 16.8 Å². The van der Waals surface area contributed by atoms with Gasteiger partial charge in [0.05, 0.1) is 19.6 Å². The first kappa shape index (κ1) is 18.7. The predicted octanol–water partition coefficient (Wildman–Crippen LogP) is 3.00. The zero-order chi connectivity index (χ0) is 19.2. The number of ether oxygens (including phenoxy) is 1. The van der Waals surface area contributed by atoms with E-state index in [1.54, 1.807) is 12.1 Å². The van der Waals surface area contributed by atoms with Crippen molar-refractivity contribution in [3.63, 3.8) is 0 Å². The number of rotatable bonds is 7. The molecule has 0 unspecified atom stereocenters. The van der Waals surface area contributed by atoms with Gasteiger partial charge in [-0.05, 0) is 30.7 Å². The van der Waals surface area contributed by atoms with Crippen LogP contribution in [0.15, 0.2) is 59.0 Å². The number of fused-ring (bicyclic) bond motifs is 1. The van der Waals surface area contributed by atoms with Crippen molar-refractivity contribution in [3.8, 4) is 11.3 Å². The van der Waals surface area contributed by atoms with Crippen LogP contribution in [0.3, 0.4) is 0 Å². The highest BCUT2D eigenvalue weighted by molar-refractivity contribution is 5.94. The van der Waals surface area contributed by atoms with Gasteiger partial charge in [-0.1, -0.05) is 30.3 Å². The number of amides is 1. The molecule has 0 radical (unpaired) electrons. The summed E-state index contributed by atoms with van der Waals surface area (Å²) in [5, 5.41) is 12.9. The lowest BCUT2D eigenvalue weighted by atomic mass is 10.1. The van der Waals surface area contributed by atoms with Crippen molar-refractivity contribution in [1.82, 2.24) is 5.32 Å². The van der Waals surface area contributed by atoms with Gasteiger partial charge >= 0.3 is 5.97 Å². The molecule has 3 rings (SSSR count). The highest BCUT2D eigenvalue weighted by atomic mass is 16.5. The van der Waals surface area contributed by atoms with Crippen molar-refractivity contribution in [1.29, 1.82) is 0 Å². The van der Waals surface area contributed by atoms with E-state index in [0.29, 0.717) is 12.0 Å². The fourth-order valence-electron chi connectivity index (χ4n) is 2.82. The summed E-state index contributed by atoms with van der Waals surface area (Å²) < 4.78 is 10.4. The summed E-state index contributed by atoms with van der Waals surface area (Å²) in [6.07, 6.45) is 0.311. The molecule has 2 N–H and O–H groups in total. The molecule has 6 heteroatoms. The van der Waals surface area contributed by atoms with Crippen molar-refractivity contribution in [2.24, 2.45) is 5.92 Å². The quantitative estimate of drug-likeness (QED) is 0.627. The summed E-state index contributed by atoms with van der Waals surface area (Å²) in [5.41, 5.74) is 2.21. The molecule has 140 valence electrons. The van der Waals surface area contributed by atoms with Gasteiger partial charge in [0, 0.05) is 23.1 Å². The number of benzene rings is 2. The average Bonchev–Trinajstić information content (AvgIpc) is 3.15. The zero-order valence-corrected chi connectivity index (χ0v) is 15.0. The monoisotopic (exact) mass is 367 g/mol. The fraction of sp³-hybridized carbons (Fsp3) is 0.238. The number of aliphatic hydroxyl groups excluding tert-OH is 1. The minimum atomic E-state index is -0.634. The van der Waals surface area contributed by atoms with Crippen LogP contribution in [0.2, 0.25) is 0 Å². The average molecular weight is 367 g/mol. The van der Waals surface area contributed by atoms with Gasteiger partial charge in [-0.15, -0.1) is 0 Å². The van der Waals surface area contributed by atoms with Crippen LogP contribution < -0.4 is 5.32 Å². The molecular weight excluding hydrogens is 346 g/mol. The number of furan rings is 1. The molecule has 3 aromatic rings. The molecule has 0 spiro atoms. The summed E-state index contributed by atoms with van der Waals surface area (Å²) in [6, 6.07) is 16.8. The maximum Gasteiger partial charge on any atom is 0.311 e. The summed E-state index contributed by atoms with van der Waals surface area (Å²) in [4.78, 5) is 23.7. The number of carbonyl (C=O) groups is 2. The van der Waals surface area contributed by atoms with Crippen molar-refractivity contribution in [2.75, 3.05) is 20.3 Å². The Kier molecular flexibility index (Phi) is 5.88. The lowest BCUT2D eigenvalue weighted by Crippen LogP contribution is -2.29. The first-order valence-electron chi connectivity index (χ1n) is 8.68. The molecule has 0 aliphatic carbocycles. The lowest BCUT2D eigenvalue weighted by molar-refractivity contribution is -0.147. The Morgan fingerprint density at radius 1 is 1.15 bits per heavy atom. The third-order valence-corrected chi connectivity index (χ3v) is 4.39. The van der Waals surface area contributed by atoms with E-state index in [9.17, 15) is 14.7 Å². The van der Waals surface area contributed by atoms with E-state index in [-0.39, 0.29) is 19.1 Å². The normalized spacial score (nSPS) is 11.9. The topological polar surface area (TPSA) is 88.8 Å². The summed E-state index contributed by atoms with van der Waals surface area (Å²) in [5.74, 6) is -0.618. The molecule has 0 fully saturated rings. The van der Waals surface area contributed by atoms with Crippen molar-refractivity contribution < 1.29 is 23.8 Å². The molecular formula is C21H21NO5. The van der Waals surface area contributed by atoms with Crippen molar-refractivity contribution >= 4 is 22.8 Å². The van der Waals surface area contributed by atoms with Crippen LogP contribution in [-0.2, 0) is 9.53 Å². The maximum atomic E-state index is 12.2. The van der Waals surface area contributed by atoms with Gasteiger partial charge in [0.15, 0.2) is 0 Å². The van der Waals surface area contributed by atoms with Gasteiger partial charge in [-0.2, -0.15) is 0 Å². The molecule has 2 aromatic carbocycles. The molecule has 0 saturated heterocycles. The number of methoxy groups -OCH3 is 1. The third kappa shape index (κ3) is 4.35. The van der Waals surface area contributed by atoms with E-state index in [1.807, 2.05) is 42.5 Å². The van der Waals surface area contributed by atoms with Gasteiger partial charge in [-0.3, -0.25) is 9.59 Å². The Labute approximate surface area is 156 Å². The van der Waals surface area contributed by atoms with Crippen molar-refractivity contribution in [3.05, 3.63) is 60.2 Å². The van der Waals surface area contributed by atoms with Crippen LogP contribution in [0, 0.1) is 5.92 Å². The summed E-state index contributed by atoms with van der Waals surface area (Å²) >= 11 is 0. The van der Waals surface area contributed by atoms with Crippen LogP contribution in [0.25, 0.3) is 22.3 Å². The molecule has 0 saturated carbocycles. The Balaban J connectivity index is 1.61. The first-order valence-corrected chi connectivity index (χ1v) is 8.68. The first-order chi connectivity index (χ1) is 13.1. The summed E-state index contributed by atoms with van der Waals surface area (Å²) in [6.45, 7) is -0.0424. The number of esters is 1. The van der Waals surface area contributed by atoms with E-state index in [0.717, 1.165) is 22.3 Å². The molecule has 1 heterocycles. The number of hydrogen-bond donors (Lipinski definition) is 2. The Bertz CT molecular complexity index is 896. The highest BCUT2D eigenvalue weighted by Gasteiger charge is 2.18. The van der Waals surface area contributed by atoms with Crippen molar-refractivity contribution in [2.45, 2.75) is 6.42 Å². The van der Waals surface area contributed by atoms with Gasteiger partial charge < -0.3 is 19.6 Å². The standard InChI is InChI=1S/C21H21NO5/c1-26-21(25)17(13-23)10-11-22-20(24)15-8-6-14(7-9-15)19-12-16-4-2-3-5-18(16)27-19/h2-9,12,17,23H,10-11,13H2,1H3,(H,22,24)/t17-/m0/s1. The van der Waals surface area contributed by atoms with E-state index >= 15 is 0 Å². The second kappa shape index (κ2) is 8.51. The highest BCUT2D eigenvalue weighted by Crippen LogP contribution is 2.27. The SMILES string of the molecule is COC(=O)[C@H](CO)CCNC(=O)c1ccc(-c2cc3ccccc3o2)cc1. The minimum Gasteiger partial charge on any atom is -0.469 e. The molecule has 1 atom stereocenters. The number of nitrogens with one attached hydrogen (secondary N) is 1. The Morgan fingerprint density at radius 2 is 1.89 bits per heavy atom. The van der Waals surface area contributed by atoms with Crippen LogP contribution in [-0.4, -0.2) is 37.2 Å². The van der Waals surface area contributed by atoms with Gasteiger partial charge in [0.1, 0.15) is 11.3 Å². The second-order valence-corrected chi connectivity index (χ2v) is 6.17. The van der Waals surface area contributed by atoms with Crippen LogP contribution >= 0.6 is 0 Å². The van der Waals surface area contributed by atoms with Gasteiger partial charge in [0.25, 0.3) is 5.91 Å². The summed E-state index contributed by atoms with van der Waals surface area (Å²) in [7, 11) is 1.27. The van der Waals surface area contributed by atoms with E-state index < -0.39 is 11.9 Å². The zero-order valence-electron chi connectivity index (χ0n) is 15.0. The molecule has 27 heavy (non-hydrogen) atoms. The number of aliphatic hydroxyl groups is 1. The third-order valence-electron chi connectivity index (χ3n) is 4.39. The Morgan fingerprint density at radius 3 is 2.56 bits per heavy atom. The molecule has 6 nitrogen and oxygen atoms in total. The molecule has 0 bridgehead atoms. The second-order valence-electron chi connectivity index (χ2n) is 6.17. The molecule has 0 aliphatic rings. The molecule has 0 aliphatic heterocycles. The maximum absolute atomic E-state index is 12.2.